The molecule has 0 unspecified atom stereocenters. The summed E-state index contributed by atoms with van der Waals surface area (Å²) in [5.41, 5.74) is 8.81. The first-order valence-electron chi connectivity index (χ1n) is 18.1. The standard InChI is InChI=1S/C24H25N7O.C18H18N4O2/c1-15(2)23-29-14-30-31(23)21-8-18(22-6-5-16(3)10-27-22)7-19(9-21)24(32)28-13-20-12-25-17(4)11-26-20;1-11(2)17-20-10-21-22(17)15-7-13(6-14(8-15)18(23)24)16-5-4-12(3)9-19-16/h5-12,14-15H,13H2,1-4H3,(H,28,32);4-11H,1-3H3,(H,23,24). The second-order valence-corrected chi connectivity index (χ2v) is 14.0. The van der Waals surface area contributed by atoms with Gasteiger partial charge in [0.05, 0.1) is 52.5 Å². The molecule has 5 heterocycles. The van der Waals surface area contributed by atoms with Crippen molar-refractivity contribution < 1.29 is 14.7 Å². The summed E-state index contributed by atoms with van der Waals surface area (Å²) in [5.74, 6) is 0.740. The van der Waals surface area contributed by atoms with Crippen LogP contribution in [0.2, 0.25) is 0 Å². The number of aromatic nitrogens is 10. The molecule has 2 N–H and O–H groups in total. The summed E-state index contributed by atoms with van der Waals surface area (Å²) in [6.45, 7) is 14.3. The smallest absolute Gasteiger partial charge is 0.335 e. The second kappa shape index (κ2) is 17.0. The number of amides is 1. The van der Waals surface area contributed by atoms with Crippen molar-refractivity contribution in [2.75, 3.05) is 0 Å². The van der Waals surface area contributed by atoms with Gasteiger partial charge in [-0.3, -0.25) is 24.7 Å². The van der Waals surface area contributed by atoms with Crippen molar-refractivity contribution in [2.45, 2.75) is 66.8 Å². The largest absolute Gasteiger partial charge is 0.478 e. The molecule has 14 nitrogen and oxygen atoms in total. The molecule has 0 aliphatic heterocycles. The maximum absolute atomic E-state index is 13.0. The minimum absolute atomic E-state index is 0.168. The van der Waals surface area contributed by atoms with Crippen LogP contribution < -0.4 is 5.32 Å². The zero-order valence-corrected chi connectivity index (χ0v) is 32.3. The van der Waals surface area contributed by atoms with Crippen LogP contribution in [0.4, 0.5) is 0 Å². The Labute approximate surface area is 324 Å². The Morgan fingerprint density at radius 1 is 0.625 bits per heavy atom. The molecule has 0 radical (unpaired) electrons. The Morgan fingerprint density at radius 3 is 1.59 bits per heavy atom. The van der Waals surface area contributed by atoms with E-state index in [4.69, 9.17) is 0 Å². The van der Waals surface area contributed by atoms with E-state index in [2.05, 4.69) is 59.3 Å². The third-order valence-electron chi connectivity index (χ3n) is 8.69. The van der Waals surface area contributed by atoms with Gasteiger partial charge in [0.2, 0.25) is 0 Å². The van der Waals surface area contributed by atoms with Crippen LogP contribution in [-0.4, -0.2) is 66.4 Å². The third kappa shape index (κ3) is 9.21. The van der Waals surface area contributed by atoms with Gasteiger partial charge in [0, 0.05) is 47.1 Å². The Hall–Kier alpha value is -6.96. The molecule has 0 saturated carbocycles. The van der Waals surface area contributed by atoms with Gasteiger partial charge in [0.1, 0.15) is 24.3 Å². The number of carboxylic acid groups (broad SMARTS) is 1. The van der Waals surface area contributed by atoms with E-state index in [-0.39, 0.29) is 29.9 Å². The van der Waals surface area contributed by atoms with Crippen LogP contribution in [0, 0.1) is 20.8 Å². The number of aromatic carboxylic acids is 1. The number of carboxylic acids is 1. The number of hydrogen-bond acceptors (Lipinski definition) is 10. The highest BCUT2D eigenvalue weighted by Gasteiger charge is 2.17. The predicted molar refractivity (Wildman–Crippen MR) is 212 cm³/mol. The van der Waals surface area contributed by atoms with Gasteiger partial charge in [-0.25, -0.2) is 24.1 Å². The minimum Gasteiger partial charge on any atom is -0.478 e. The lowest BCUT2D eigenvalue weighted by Gasteiger charge is -2.13. The van der Waals surface area contributed by atoms with E-state index in [0.29, 0.717) is 16.9 Å². The molecule has 0 atom stereocenters. The molecule has 56 heavy (non-hydrogen) atoms. The number of nitrogens with one attached hydrogen (secondary N) is 1. The first kappa shape index (κ1) is 38.8. The van der Waals surface area contributed by atoms with Gasteiger partial charge in [0.25, 0.3) is 5.91 Å². The van der Waals surface area contributed by atoms with Gasteiger partial charge in [-0.1, -0.05) is 39.8 Å². The number of rotatable bonds is 10. The van der Waals surface area contributed by atoms with Crippen molar-refractivity contribution in [3.8, 4) is 33.9 Å². The zero-order valence-electron chi connectivity index (χ0n) is 32.3. The molecule has 1 amide bonds. The van der Waals surface area contributed by atoms with E-state index in [1.165, 1.54) is 12.7 Å². The average molecular weight is 750 g/mol. The maximum Gasteiger partial charge on any atom is 0.335 e. The number of benzene rings is 2. The Balaban J connectivity index is 0.000000198. The molecule has 0 spiro atoms. The van der Waals surface area contributed by atoms with Crippen LogP contribution in [0.25, 0.3) is 33.9 Å². The molecule has 14 heteroatoms. The monoisotopic (exact) mass is 749 g/mol. The van der Waals surface area contributed by atoms with Crippen molar-refractivity contribution in [1.29, 1.82) is 0 Å². The molecular formula is C42H43N11O3. The summed E-state index contributed by atoms with van der Waals surface area (Å²) in [6.07, 6.45) is 9.93. The summed E-state index contributed by atoms with van der Waals surface area (Å²) < 4.78 is 3.44. The maximum atomic E-state index is 13.0. The average Bonchev–Trinajstić information content (AvgIpc) is 3.90. The molecule has 7 rings (SSSR count). The van der Waals surface area contributed by atoms with E-state index in [1.807, 2.05) is 89.3 Å². The molecule has 5 aromatic heterocycles. The quantitative estimate of drug-likeness (QED) is 0.144. The lowest BCUT2D eigenvalue weighted by Crippen LogP contribution is -2.23. The normalized spacial score (nSPS) is 11.0. The van der Waals surface area contributed by atoms with Crippen molar-refractivity contribution >= 4 is 11.9 Å². The highest BCUT2D eigenvalue weighted by molar-refractivity contribution is 5.96. The number of carbonyl (C=O) groups excluding carboxylic acids is 1. The predicted octanol–water partition coefficient (Wildman–Crippen LogP) is 7.25. The second-order valence-electron chi connectivity index (χ2n) is 14.0. The fraction of sp³-hybridized carbons (Fsp3) is 0.238. The van der Waals surface area contributed by atoms with Crippen LogP contribution in [0.1, 0.15) is 94.4 Å². The number of aryl methyl sites for hydroxylation is 3. The Morgan fingerprint density at radius 2 is 1.14 bits per heavy atom. The first-order valence-corrected chi connectivity index (χ1v) is 18.1. The van der Waals surface area contributed by atoms with E-state index in [0.717, 1.165) is 56.7 Å². The van der Waals surface area contributed by atoms with Gasteiger partial charge in [-0.05, 0) is 80.4 Å². The molecule has 0 saturated heterocycles. The van der Waals surface area contributed by atoms with Crippen LogP contribution in [0.3, 0.4) is 0 Å². The van der Waals surface area contributed by atoms with Crippen molar-refractivity contribution in [3.63, 3.8) is 0 Å². The number of pyridine rings is 2. The van der Waals surface area contributed by atoms with Gasteiger partial charge in [0.15, 0.2) is 0 Å². The van der Waals surface area contributed by atoms with Crippen molar-refractivity contribution in [2.24, 2.45) is 0 Å². The molecule has 0 aliphatic rings. The Bertz CT molecular complexity index is 2450. The summed E-state index contributed by atoms with van der Waals surface area (Å²) in [6, 6.07) is 18.5. The lowest BCUT2D eigenvalue weighted by atomic mass is 10.0. The SMILES string of the molecule is Cc1ccc(-c2cc(C(=O)NCc3cnc(C)cn3)cc(-n3ncnc3C(C)C)c2)nc1.Cc1ccc(-c2cc(C(=O)O)cc(-n3ncnc3C(C)C)c2)nc1. The van der Waals surface area contributed by atoms with Gasteiger partial charge < -0.3 is 10.4 Å². The van der Waals surface area contributed by atoms with E-state index in [9.17, 15) is 14.7 Å². The lowest BCUT2D eigenvalue weighted by molar-refractivity contribution is 0.0696. The molecule has 0 fully saturated rings. The number of carbonyl (C=O) groups is 2. The number of hydrogen-bond donors (Lipinski definition) is 2. The Kier molecular flexibility index (Phi) is 11.8. The van der Waals surface area contributed by atoms with Crippen LogP contribution >= 0.6 is 0 Å². The van der Waals surface area contributed by atoms with Crippen molar-refractivity contribution in [1.82, 2.24) is 54.8 Å². The van der Waals surface area contributed by atoms with E-state index < -0.39 is 5.97 Å². The topological polar surface area (TPSA) is 179 Å². The number of nitrogens with zero attached hydrogens (tertiary/aromatic N) is 10. The van der Waals surface area contributed by atoms with Crippen molar-refractivity contribution in [3.05, 3.63) is 143 Å². The minimum atomic E-state index is -0.989. The molecule has 284 valence electrons. The highest BCUT2D eigenvalue weighted by atomic mass is 16.4. The van der Waals surface area contributed by atoms with Gasteiger partial charge >= 0.3 is 5.97 Å². The van der Waals surface area contributed by atoms with Crippen LogP contribution in [0.15, 0.2) is 98.1 Å². The van der Waals surface area contributed by atoms with E-state index >= 15 is 0 Å². The molecular weight excluding hydrogens is 707 g/mol. The fourth-order valence-corrected chi connectivity index (χ4v) is 5.76. The highest BCUT2D eigenvalue weighted by Crippen LogP contribution is 2.27. The first-order chi connectivity index (χ1) is 26.9. The fourth-order valence-electron chi connectivity index (χ4n) is 5.76. The summed E-state index contributed by atoms with van der Waals surface area (Å²) in [4.78, 5) is 50.7. The summed E-state index contributed by atoms with van der Waals surface area (Å²) in [5, 5.41) is 21.0. The summed E-state index contributed by atoms with van der Waals surface area (Å²) in [7, 11) is 0. The summed E-state index contributed by atoms with van der Waals surface area (Å²) >= 11 is 0. The molecule has 0 bridgehead atoms. The van der Waals surface area contributed by atoms with Crippen LogP contribution in [0.5, 0.6) is 0 Å². The third-order valence-corrected chi connectivity index (χ3v) is 8.69. The molecule has 7 aromatic rings. The van der Waals surface area contributed by atoms with Crippen LogP contribution in [-0.2, 0) is 6.54 Å². The molecule has 0 aliphatic carbocycles. The zero-order chi connectivity index (χ0) is 39.9. The van der Waals surface area contributed by atoms with E-state index in [1.54, 1.807) is 40.1 Å². The molecule has 2 aromatic carbocycles. The van der Waals surface area contributed by atoms with Gasteiger partial charge in [-0.15, -0.1) is 0 Å². The van der Waals surface area contributed by atoms with Gasteiger partial charge in [-0.2, -0.15) is 10.2 Å².